The normalized spacial score (nSPS) is 15.9. The van der Waals surface area contributed by atoms with Crippen molar-refractivity contribution in [1.29, 1.82) is 0 Å². The molecule has 4 nitrogen and oxygen atoms in total. The molecule has 2 aromatic carbocycles. The van der Waals surface area contributed by atoms with Crippen LogP contribution in [0.25, 0.3) is 6.08 Å². The number of amides is 1. The van der Waals surface area contributed by atoms with Gasteiger partial charge < -0.3 is 9.84 Å². The molecule has 1 amide bonds. The molecule has 2 aromatic rings. The van der Waals surface area contributed by atoms with Crippen molar-refractivity contribution in [1.82, 2.24) is 0 Å². The van der Waals surface area contributed by atoms with Gasteiger partial charge >= 0.3 is 0 Å². The van der Waals surface area contributed by atoms with E-state index >= 15 is 0 Å². The first-order valence-electron chi connectivity index (χ1n) is 7.49. The highest BCUT2D eigenvalue weighted by Crippen LogP contribution is 2.37. The van der Waals surface area contributed by atoms with E-state index in [1.807, 2.05) is 6.92 Å². The summed E-state index contributed by atoms with van der Waals surface area (Å²) in [7, 11) is 0. The summed E-state index contributed by atoms with van der Waals surface area (Å²) in [5.41, 5.74) is 1.23. The molecule has 0 radical (unpaired) electrons. The SMILES string of the molecule is CCOc1cc(/C=C2\SC(=S)N(c3ccc(F)cc3)C2=O)ccc1O. The van der Waals surface area contributed by atoms with Crippen LogP contribution < -0.4 is 9.64 Å². The average molecular weight is 375 g/mol. The van der Waals surface area contributed by atoms with Crippen molar-refractivity contribution in [3.05, 3.63) is 58.8 Å². The smallest absolute Gasteiger partial charge is 0.270 e. The van der Waals surface area contributed by atoms with E-state index in [1.165, 1.54) is 47.0 Å². The third-order valence-corrected chi connectivity index (χ3v) is 4.76. The van der Waals surface area contributed by atoms with Gasteiger partial charge in [-0.2, -0.15) is 0 Å². The lowest BCUT2D eigenvalue weighted by Crippen LogP contribution is -2.27. The Hall–Kier alpha value is -2.38. The molecular formula is C18H14FNO3S2. The lowest BCUT2D eigenvalue weighted by Gasteiger charge is -2.14. The third-order valence-electron chi connectivity index (χ3n) is 3.46. The molecule has 1 fully saturated rings. The minimum absolute atomic E-state index is 0.0397. The quantitative estimate of drug-likeness (QED) is 0.636. The molecule has 25 heavy (non-hydrogen) atoms. The van der Waals surface area contributed by atoms with Crippen LogP contribution in [0.2, 0.25) is 0 Å². The number of halogens is 1. The van der Waals surface area contributed by atoms with E-state index in [-0.39, 0.29) is 17.5 Å². The molecular weight excluding hydrogens is 361 g/mol. The van der Waals surface area contributed by atoms with E-state index in [9.17, 15) is 14.3 Å². The van der Waals surface area contributed by atoms with E-state index in [0.717, 1.165) is 0 Å². The molecule has 1 heterocycles. The first kappa shape index (κ1) is 17.4. The highest BCUT2D eigenvalue weighted by atomic mass is 32.2. The first-order chi connectivity index (χ1) is 12.0. The van der Waals surface area contributed by atoms with Gasteiger partial charge in [-0.05, 0) is 55.0 Å². The van der Waals surface area contributed by atoms with Crippen molar-refractivity contribution in [2.24, 2.45) is 0 Å². The number of thiocarbonyl (C=S) groups is 1. The van der Waals surface area contributed by atoms with Gasteiger partial charge in [-0.3, -0.25) is 9.69 Å². The minimum atomic E-state index is -0.378. The van der Waals surface area contributed by atoms with Crippen LogP contribution in [-0.4, -0.2) is 21.9 Å². The molecule has 1 aliphatic rings. The number of anilines is 1. The van der Waals surface area contributed by atoms with Crippen LogP contribution >= 0.6 is 24.0 Å². The molecule has 7 heteroatoms. The number of phenolic OH excluding ortho intramolecular Hbond substituents is 1. The standard InChI is InChI=1S/C18H14FNO3S2/c1-2-23-15-9-11(3-8-14(15)21)10-16-17(22)20(18(24)25-16)13-6-4-12(19)5-7-13/h3-10,21H,2H2,1H3/b16-10-. The number of ether oxygens (including phenoxy) is 1. The molecule has 128 valence electrons. The summed E-state index contributed by atoms with van der Waals surface area (Å²) in [6, 6.07) is 10.4. The summed E-state index contributed by atoms with van der Waals surface area (Å²) in [5.74, 6) is -0.256. The number of aromatic hydroxyl groups is 1. The van der Waals surface area contributed by atoms with Crippen LogP contribution in [0.1, 0.15) is 12.5 Å². The van der Waals surface area contributed by atoms with Gasteiger partial charge in [0, 0.05) is 0 Å². The van der Waals surface area contributed by atoms with Gasteiger partial charge in [0.1, 0.15) is 5.82 Å². The number of carbonyl (C=O) groups is 1. The molecule has 3 rings (SSSR count). The first-order valence-corrected chi connectivity index (χ1v) is 8.71. The zero-order valence-corrected chi connectivity index (χ0v) is 14.9. The Morgan fingerprint density at radius 3 is 2.68 bits per heavy atom. The van der Waals surface area contributed by atoms with Gasteiger partial charge in [-0.15, -0.1) is 0 Å². The van der Waals surface area contributed by atoms with Crippen LogP contribution in [0.3, 0.4) is 0 Å². The Balaban J connectivity index is 1.90. The Kier molecular flexibility index (Phi) is 5.06. The summed E-state index contributed by atoms with van der Waals surface area (Å²) in [6.45, 7) is 2.24. The second kappa shape index (κ2) is 7.25. The maximum Gasteiger partial charge on any atom is 0.270 e. The fourth-order valence-corrected chi connectivity index (χ4v) is 3.62. The van der Waals surface area contributed by atoms with E-state index in [0.29, 0.717) is 32.8 Å². The van der Waals surface area contributed by atoms with Gasteiger partial charge in [-0.1, -0.05) is 30.0 Å². The minimum Gasteiger partial charge on any atom is -0.504 e. The van der Waals surface area contributed by atoms with Gasteiger partial charge in [0.2, 0.25) is 0 Å². The zero-order chi connectivity index (χ0) is 18.0. The van der Waals surface area contributed by atoms with Crippen molar-refractivity contribution in [3.8, 4) is 11.5 Å². The van der Waals surface area contributed by atoms with Crippen LogP contribution in [0.15, 0.2) is 47.4 Å². The number of hydrogen-bond acceptors (Lipinski definition) is 5. The number of rotatable bonds is 4. The number of hydrogen-bond donors (Lipinski definition) is 1. The molecule has 1 saturated heterocycles. The molecule has 0 aromatic heterocycles. The fraction of sp³-hybridized carbons (Fsp3) is 0.111. The molecule has 0 atom stereocenters. The Labute approximate surface area is 153 Å². The Morgan fingerprint density at radius 1 is 1.28 bits per heavy atom. The molecule has 0 unspecified atom stereocenters. The molecule has 0 aliphatic carbocycles. The van der Waals surface area contributed by atoms with Gasteiger partial charge in [-0.25, -0.2) is 4.39 Å². The Morgan fingerprint density at radius 2 is 2.00 bits per heavy atom. The predicted octanol–water partition coefficient (Wildman–Crippen LogP) is 4.34. The lowest BCUT2D eigenvalue weighted by atomic mass is 10.2. The average Bonchev–Trinajstić information content (AvgIpc) is 2.86. The van der Waals surface area contributed by atoms with Crippen LogP contribution in [0.4, 0.5) is 10.1 Å². The predicted molar refractivity (Wildman–Crippen MR) is 101 cm³/mol. The summed E-state index contributed by atoms with van der Waals surface area (Å²) >= 11 is 6.45. The second-order valence-electron chi connectivity index (χ2n) is 5.15. The van der Waals surface area contributed by atoms with E-state index in [1.54, 1.807) is 18.2 Å². The number of carbonyl (C=O) groups excluding carboxylic acids is 1. The number of phenols is 1. The highest BCUT2D eigenvalue weighted by molar-refractivity contribution is 8.27. The van der Waals surface area contributed by atoms with Crippen molar-refractivity contribution in [2.45, 2.75) is 6.92 Å². The molecule has 0 saturated carbocycles. The summed E-state index contributed by atoms with van der Waals surface area (Å²) < 4.78 is 18.8. The van der Waals surface area contributed by atoms with E-state index in [2.05, 4.69) is 0 Å². The largest absolute Gasteiger partial charge is 0.504 e. The number of nitrogens with zero attached hydrogens (tertiary/aromatic N) is 1. The van der Waals surface area contributed by atoms with Crippen molar-refractivity contribution < 1.29 is 19.0 Å². The lowest BCUT2D eigenvalue weighted by molar-refractivity contribution is -0.113. The van der Waals surface area contributed by atoms with E-state index < -0.39 is 0 Å². The molecule has 1 N–H and O–H groups in total. The van der Waals surface area contributed by atoms with Crippen molar-refractivity contribution in [2.75, 3.05) is 11.5 Å². The number of thioether (sulfide) groups is 1. The van der Waals surface area contributed by atoms with E-state index in [4.69, 9.17) is 17.0 Å². The molecule has 0 bridgehead atoms. The number of benzene rings is 2. The summed E-state index contributed by atoms with van der Waals surface area (Å²) in [6.07, 6.45) is 1.69. The molecule has 1 aliphatic heterocycles. The molecule has 0 spiro atoms. The topological polar surface area (TPSA) is 49.8 Å². The van der Waals surface area contributed by atoms with Gasteiger partial charge in [0.15, 0.2) is 15.8 Å². The zero-order valence-electron chi connectivity index (χ0n) is 13.2. The highest BCUT2D eigenvalue weighted by Gasteiger charge is 2.33. The maximum absolute atomic E-state index is 13.1. The second-order valence-corrected chi connectivity index (χ2v) is 6.83. The maximum atomic E-state index is 13.1. The van der Waals surface area contributed by atoms with Crippen LogP contribution in [0, 0.1) is 5.82 Å². The van der Waals surface area contributed by atoms with Gasteiger partial charge in [0.05, 0.1) is 17.2 Å². The van der Waals surface area contributed by atoms with Crippen molar-refractivity contribution in [3.63, 3.8) is 0 Å². The van der Waals surface area contributed by atoms with Crippen LogP contribution in [0.5, 0.6) is 11.5 Å². The van der Waals surface area contributed by atoms with Crippen molar-refractivity contribution >= 4 is 46.0 Å². The summed E-state index contributed by atoms with van der Waals surface area (Å²) in [4.78, 5) is 14.5. The monoisotopic (exact) mass is 375 g/mol. The fourth-order valence-electron chi connectivity index (χ4n) is 2.32. The van der Waals surface area contributed by atoms with Gasteiger partial charge in [0.25, 0.3) is 5.91 Å². The summed E-state index contributed by atoms with van der Waals surface area (Å²) in [5, 5.41) is 9.76. The Bertz CT molecular complexity index is 865. The third kappa shape index (κ3) is 3.67. The van der Waals surface area contributed by atoms with Crippen LogP contribution in [-0.2, 0) is 4.79 Å².